The highest BCUT2D eigenvalue weighted by atomic mass is 16.5. The summed E-state index contributed by atoms with van der Waals surface area (Å²) in [5, 5.41) is 4.96. The summed E-state index contributed by atoms with van der Waals surface area (Å²) in [6.45, 7) is 4.22. The summed E-state index contributed by atoms with van der Waals surface area (Å²) < 4.78 is 7.63. The van der Waals surface area contributed by atoms with Gasteiger partial charge in [0.25, 0.3) is 0 Å². The highest BCUT2D eigenvalue weighted by molar-refractivity contribution is 5.68. The number of hydrogen-bond donors (Lipinski definition) is 0. The van der Waals surface area contributed by atoms with E-state index in [1.807, 2.05) is 29.0 Å². The van der Waals surface area contributed by atoms with Crippen LogP contribution >= 0.6 is 0 Å². The number of rotatable bonds is 5. The molecule has 1 aromatic carbocycles. The van der Waals surface area contributed by atoms with Gasteiger partial charge in [0.2, 0.25) is 0 Å². The van der Waals surface area contributed by atoms with Gasteiger partial charge in [-0.25, -0.2) is 4.98 Å². The molecule has 6 rings (SSSR count). The van der Waals surface area contributed by atoms with Gasteiger partial charge in [0, 0.05) is 55.8 Å². The third-order valence-corrected chi connectivity index (χ3v) is 6.94. The van der Waals surface area contributed by atoms with Crippen LogP contribution in [0.4, 0.5) is 11.6 Å². The first-order valence-electron chi connectivity index (χ1n) is 12.3. The van der Waals surface area contributed by atoms with Crippen molar-refractivity contribution in [3.05, 3.63) is 72.6 Å². The van der Waals surface area contributed by atoms with Crippen LogP contribution in [0.2, 0.25) is 0 Å². The summed E-state index contributed by atoms with van der Waals surface area (Å²) in [6, 6.07) is 19.6. The quantitative estimate of drug-likeness (QED) is 0.450. The predicted molar refractivity (Wildman–Crippen MR) is 134 cm³/mol. The molecule has 4 aromatic rings. The van der Waals surface area contributed by atoms with E-state index in [1.165, 1.54) is 24.8 Å². The summed E-state index contributed by atoms with van der Waals surface area (Å²) >= 11 is 0. The van der Waals surface area contributed by atoms with Crippen molar-refractivity contribution in [1.29, 1.82) is 0 Å². The molecule has 2 aliphatic rings. The minimum atomic E-state index is 0.450. The lowest BCUT2D eigenvalue weighted by Crippen LogP contribution is -2.42. The fourth-order valence-corrected chi connectivity index (χ4v) is 5.17. The molecule has 1 atom stereocenters. The zero-order valence-electron chi connectivity index (χ0n) is 19.4. The first-order valence-corrected chi connectivity index (χ1v) is 12.3. The third kappa shape index (κ3) is 4.23. The maximum Gasteiger partial charge on any atom is 0.160 e. The molecular weight excluding hydrogens is 424 g/mol. The fraction of sp³-hybridized carbons (Fsp3) is 0.370. The van der Waals surface area contributed by atoms with Crippen molar-refractivity contribution in [3.63, 3.8) is 0 Å². The molecule has 2 fully saturated rings. The van der Waals surface area contributed by atoms with Crippen LogP contribution in [0.25, 0.3) is 16.9 Å². The molecular formula is C27H30N6O. The zero-order chi connectivity index (χ0) is 22.7. The number of nitrogens with zero attached hydrogens (tertiary/aromatic N) is 6. The lowest BCUT2D eigenvalue weighted by molar-refractivity contribution is 0.122. The van der Waals surface area contributed by atoms with Crippen LogP contribution in [0.5, 0.6) is 0 Å². The van der Waals surface area contributed by atoms with Crippen molar-refractivity contribution in [2.24, 2.45) is 0 Å². The van der Waals surface area contributed by atoms with Gasteiger partial charge in [-0.2, -0.15) is 9.61 Å². The molecule has 0 radical (unpaired) electrons. The van der Waals surface area contributed by atoms with Gasteiger partial charge in [-0.3, -0.25) is 4.98 Å². The SMILES string of the molecule is c1ccc(CC2CCCCN2c2cc(N3CCOCC3)n3nc(-c4ccncc4)cc3n2)cc1. The number of pyridine rings is 1. The Morgan fingerprint density at radius 1 is 0.912 bits per heavy atom. The van der Waals surface area contributed by atoms with Crippen LogP contribution in [0, 0.1) is 0 Å². The van der Waals surface area contributed by atoms with Gasteiger partial charge in [-0.1, -0.05) is 30.3 Å². The Morgan fingerprint density at radius 3 is 2.56 bits per heavy atom. The van der Waals surface area contributed by atoms with Crippen LogP contribution in [0.1, 0.15) is 24.8 Å². The van der Waals surface area contributed by atoms with Gasteiger partial charge < -0.3 is 14.5 Å². The standard InChI is InChI=1S/C27H30N6O/c1-2-6-21(7-3-1)18-23-8-4-5-13-32(23)25-20-27(31-14-16-34-17-15-31)33-26(29-25)19-24(30-33)22-9-11-28-12-10-22/h1-3,6-7,9-12,19-20,23H,4-5,8,13-18H2. The lowest BCUT2D eigenvalue weighted by Gasteiger charge is -2.38. The Morgan fingerprint density at radius 2 is 1.74 bits per heavy atom. The number of morpholine rings is 1. The van der Waals surface area contributed by atoms with Crippen molar-refractivity contribution in [2.45, 2.75) is 31.7 Å². The average molecular weight is 455 g/mol. The van der Waals surface area contributed by atoms with Crippen molar-refractivity contribution in [3.8, 4) is 11.3 Å². The minimum Gasteiger partial charge on any atom is -0.378 e. The summed E-state index contributed by atoms with van der Waals surface area (Å²) in [7, 11) is 0. The van der Waals surface area contributed by atoms with Gasteiger partial charge in [0.05, 0.1) is 18.9 Å². The van der Waals surface area contributed by atoms with Gasteiger partial charge >= 0.3 is 0 Å². The summed E-state index contributed by atoms with van der Waals surface area (Å²) in [5.74, 6) is 2.14. The average Bonchev–Trinajstić information content (AvgIpc) is 3.34. The van der Waals surface area contributed by atoms with E-state index >= 15 is 0 Å². The Balaban J connectivity index is 1.42. The van der Waals surface area contributed by atoms with Crippen LogP contribution in [0.3, 0.4) is 0 Å². The van der Waals surface area contributed by atoms with Gasteiger partial charge in [-0.15, -0.1) is 0 Å². The lowest BCUT2D eigenvalue weighted by atomic mass is 9.95. The molecule has 0 spiro atoms. The number of fused-ring (bicyclic) bond motifs is 1. The second-order valence-corrected chi connectivity index (χ2v) is 9.14. The molecule has 5 heterocycles. The van der Waals surface area contributed by atoms with E-state index in [1.54, 1.807) is 0 Å². The number of aromatic nitrogens is 4. The molecule has 3 aromatic heterocycles. The molecule has 0 bridgehead atoms. The fourth-order valence-electron chi connectivity index (χ4n) is 5.17. The third-order valence-electron chi connectivity index (χ3n) is 6.94. The molecule has 0 saturated carbocycles. The number of benzene rings is 1. The van der Waals surface area contributed by atoms with Crippen LogP contribution in [-0.2, 0) is 11.2 Å². The second kappa shape index (κ2) is 9.43. The number of anilines is 2. The number of hydrogen-bond acceptors (Lipinski definition) is 6. The highest BCUT2D eigenvalue weighted by Crippen LogP contribution is 2.31. The van der Waals surface area contributed by atoms with Crippen molar-refractivity contribution in [2.75, 3.05) is 42.6 Å². The highest BCUT2D eigenvalue weighted by Gasteiger charge is 2.26. The largest absolute Gasteiger partial charge is 0.378 e. The smallest absolute Gasteiger partial charge is 0.160 e. The minimum absolute atomic E-state index is 0.450. The van der Waals surface area contributed by atoms with Gasteiger partial charge in [0.1, 0.15) is 11.6 Å². The topological polar surface area (TPSA) is 58.8 Å². The first kappa shape index (κ1) is 21.1. The number of ether oxygens (including phenoxy) is 1. The molecule has 34 heavy (non-hydrogen) atoms. The predicted octanol–water partition coefficient (Wildman–Crippen LogP) is 4.23. The summed E-state index contributed by atoms with van der Waals surface area (Å²) in [5.41, 5.74) is 4.24. The maximum atomic E-state index is 5.63. The molecule has 2 saturated heterocycles. The van der Waals surface area contributed by atoms with Crippen molar-refractivity contribution < 1.29 is 4.74 Å². The van der Waals surface area contributed by atoms with E-state index < -0.39 is 0 Å². The van der Waals surface area contributed by atoms with Crippen molar-refractivity contribution >= 4 is 17.3 Å². The Hall–Kier alpha value is -3.45. The van der Waals surface area contributed by atoms with Gasteiger partial charge in [-0.05, 0) is 43.4 Å². The molecule has 7 heteroatoms. The van der Waals surface area contributed by atoms with E-state index in [-0.39, 0.29) is 0 Å². The van der Waals surface area contributed by atoms with E-state index in [4.69, 9.17) is 14.8 Å². The Bertz CT molecular complexity index is 1240. The Kier molecular flexibility index (Phi) is 5.85. The maximum absolute atomic E-state index is 5.63. The molecule has 0 aliphatic carbocycles. The molecule has 0 amide bonds. The van der Waals surface area contributed by atoms with Crippen molar-refractivity contribution in [1.82, 2.24) is 19.6 Å². The van der Waals surface area contributed by atoms with E-state index in [0.29, 0.717) is 6.04 Å². The summed E-state index contributed by atoms with van der Waals surface area (Å²) in [6.07, 6.45) is 8.32. The molecule has 1 unspecified atom stereocenters. The molecule has 7 nitrogen and oxygen atoms in total. The van der Waals surface area contributed by atoms with Crippen LogP contribution < -0.4 is 9.80 Å². The van der Waals surface area contributed by atoms with E-state index in [0.717, 1.165) is 67.8 Å². The first-order chi connectivity index (χ1) is 16.8. The number of piperidine rings is 1. The monoisotopic (exact) mass is 454 g/mol. The zero-order valence-corrected chi connectivity index (χ0v) is 19.4. The molecule has 2 aliphatic heterocycles. The molecule has 0 N–H and O–H groups in total. The van der Waals surface area contributed by atoms with Crippen LogP contribution in [-0.4, -0.2) is 58.5 Å². The van der Waals surface area contributed by atoms with Gasteiger partial charge in [0.15, 0.2) is 5.65 Å². The Labute approximate surface area is 200 Å². The van der Waals surface area contributed by atoms with E-state index in [2.05, 4.69) is 57.2 Å². The second-order valence-electron chi connectivity index (χ2n) is 9.14. The summed E-state index contributed by atoms with van der Waals surface area (Å²) in [4.78, 5) is 14.2. The van der Waals surface area contributed by atoms with E-state index in [9.17, 15) is 0 Å². The normalized spacial score (nSPS) is 19.0. The van der Waals surface area contributed by atoms with Crippen LogP contribution in [0.15, 0.2) is 67.0 Å². The molecule has 174 valence electrons.